The van der Waals surface area contributed by atoms with Crippen LogP contribution >= 0.6 is 0 Å². The van der Waals surface area contributed by atoms with Gasteiger partial charge >= 0.3 is 0 Å². The first-order chi connectivity index (χ1) is 13.2. The van der Waals surface area contributed by atoms with Crippen LogP contribution in [-0.2, 0) is 13.6 Å². The van der Waals surface area contributed by atoms with Crippen LogP contribution in [0.15, 0.2) is 49.1 Å². The highest BCUT2D eigenvalue weighted by molar-refractivity contribution is 5.32. The van der Waals surface area contributed by atoms with E-state index in [9.17, 15) is 4.39 Å². The Bertz CT molecular complexity index is 913. The maximum Gasteiger partial charge on any atom is 0.241 e. The van der Waals surface area contributed by atoms with Gasteiger partial charge in [-0.1, -0.05) is 12.1 Å². The normalized spacial score (nSPS) is 17.8. The van der Waals surface area contributed by atoms with Gasteiger partial charge in [-0.05, 0) is 31.5 Å². The number of hydrogen-bond acceptors (Lipinski definition) is 5. The van der Waals surface area contributed by atoms with E-state index in [0.717, 1.165) is 44.0 Å². The van der Waals surface area contributed by atoms with Crippen LogP contribution in [0.2, 0.25) is 0 Å². The lowest BCUT2D eigenvalue weighted by atomic mass is 9.94. The van der Waals surface area contributed by atoms with Gasteiger partial charge in [0, 0.05) is 44.3 Å². The number of benzene rings is 1. The van der Waals surface area contributed by atoms with Crippen LogP contribution in [0.3, 0.4) is 0 Å². The summed E-state index contributed by atoms with van der Waals surface area (Å²) < 4.78 is 21.8. The summed E-state index contributed by atoms with van der Waals surface area (Å²) >= 11 is 0. The number of aromatic nitrogens is 4. The van der Waals surface area contributed by atoms with Gasteiger partial charge in [-0.2, -0.15) is 0 Å². The second kappa shape index (κ2) is 7.84. The average Bonchev–Trinajstić information content (AvgIpc) is 3.09. The Labute approximate surface area is 157 Å². The van der Waals surface area contributed by atoms with Crippen LogP contribution in [-0.4, -0.2) is 37.5 Å². The Kier molecular flexibility index (Phi) is 5.11. The molecule has 2 aromatic heterocycles. The van der Waals surface area contributed by atoms with Crippen molar-refractivity contribution in [1.82, 2.24) is 24.4 Å². The van der Waals surface area contributed by atoms with Gasteiger partial charge in [0.15, 0.2) is 11.6 Å². The number of hydrogen-bond donors (Lipinski definition) is 0. The topological polar surface area (TPSA) is 56.1 Å². The minimum absolute atomic E-state index is 0.167. The van der Waals surface area contributed by atoms with E-state index < -0.39 is 5.82 Å². The zero-order valence-corrected chi connectivity index (χ0v) is 15.3. The lowest BCUT2D eigenvalue weighted by Gasteiger charge is -2.32. The quantitative estimate of drug-likeness (QED) is 0.691. The largest absolute Gasteiger partial charge is 0.434 e. The number of para-hydroxylation sites is 1. The smallest absolute Gasteiger partial charge is 0.241 e. The van der Waals surface area contributed by atoms with Crippen molar-refractivity contribution in [2.24, 2.45) is 7.05 Å². The van der Waals surface area contributed by atoms with E-state index in [4.69, 9.17) is 4.74 Å². The van der Waals surface area contributed by atoms with Crippen molar-refractivity contribution < 1.29 is 9.13 Å². The molecule has 1 aliphatic rings. The third-order valence-corrected chi connectivity index (χ3v) is 4.91. The van der Waals surface area contributed by atoms with Crippen molar-refractivity contribution in [2.75, 3.05) is 13.1 Å². The molecule has 1 atom stereocenters. The molecule has 3 heterocycles. The molecule has 4 rings (SSSR count). The molecule has 0 radical (unpaired) electrons. The maximum atomic E-state index is 14.0. The summed E-state index contributed by atoms with van der Waals surface area (Å²) in [6.45, 7) is 2.66. The molecule has 0 saturated carbocycles. The molecular weight excluding hydrogens is 345 g/mol. The Morgan fingerprint density at radius 2 is 2.00 bits per heavy atom. The number of halogens is 1. The van der Waals surface area contributed by atoms with Gasteiger partial charge in [-0.3, -0.25) is 9.88 Å². The summed E-state index contributed by atoms with van der Waals surface area (Å²) in [7, 11) is 2.01. The van der Waals surface area contributed by atoms with Gasteiger partial charge in [0.05, 0.1) is 6.54 Å². The third kappa shape index (κ3) is 3.98. The second-order valence-electron chi connectivity index (χ2n) is 6.81. The first-order valence-corrected chi connectivity index (χ1v) is 9.12. The van der Waals surface area contributed by atoms with E-state index in [-0.39, 0.29) is 11.7 Å². The fourth-order valence-electron chi connectivity index (χ4n) is 3.50. The van der Waals surface area contributed by atoms with Crippen LogP contribution in [0.1, 0.15) is 30.3 Å². The molecule has 0 aliphatic carbocycles. The van der Waals surface area contributed by atoms with Gasteiger partial charge in [0.2, 0.25) is 5.88 Å². The molecule has 0 spiro atoms. The second-order valence-corrected chi connectivity index (χ2v) is 6.81. The molecular formula is C20H22FN5O. The predicted octanol–water partition coefficient (Wildman–Crippen LogP) is 3.52. The van der Waals surface area contributed by atoms with Crippen molar-refractivity contribution in [2.45, 2.75) is 25.3 Å². The van der Waals surface area contributed by atoms with Crippen molar-refractivity contribution >= 4 is 0 Å². The van der Waals surface area contributed by atoms with Gasteiger partial charge in [0.25, 0.3) is 0 Å². The monoisotopic (exact) mass is 367 g/mol. The lowest BCUT2D eigenvalue weighted by molar-refractivity contribution is 0.190. The Morgan fingerprint density at radius 1 is 1.15 bits per heavy atom. The van der Waals surface area contributed by atoms with E-state index in [1.54, 1.807) is 30.6 Å². The molecule has 1 aliphatic heterocycles. The van der Waals surface area contributed by atoms with Crippen LogP contribution in [0, 0.1) is 5.82 Å². The van der Waals surface area contributed by atoms with Crippen molar-refractivity contribution in [3.05, 3.63) is 66.4 Å². The molecule has 140 valence electrons. The summed E-state index contributed by atoms with van der Waals surface area (Å²) in [5.74, 6) is 1.37. The number of imidazole rings is 1. The Hall–Kier alpha value is -2.80. The molecule has 1 fully saturated rings. The Balaban J connectivity index is 1.52. The summed E-state index contributed by atoms with van der Waals surface area (Å²) in [6, 6.07) is 6.35. The summed E-state index contributed by atoms with van der Waals surface area (Å²) in [6.07, 6.45) is 9.09. The minimum atomic E-state index is -0.408. The average molecular weight is 367 g/mol. The van der Waals surface area contributed by atoms with Crippen LogP contribution in [0.25, 0.3) is 0 Å². The lowest BCUT2D eigenvalue weighted by Crippen LogP contribution is -2.35. The maximum absolute atomic E-state index is 14.0. The van der Waals surface area contributed by atoms with E-state index in [2.05, 4.69) is 19.9 Å². The van der Waals surface area contributed by atoms with Crippen LogP contribution in [0.4, 0.5) is 4.39 Å². The number of nitrogens with zero attached hydrogens (tertiary/aromatic N) is 5. The summed E-state index contributed by atoms with van der Waals surface area (Å²) in [4.78, 5) is 15.6. The van der Waals surface area contributed by atoms with Crippen molar-refractivity contribution in [3.8, 4) is 11.6 Å². The van der Waals surface area contributed by atoms with Gasteiger partial charge in [-0.25, -0.2) is 14.4 Å². The molecule has 0 bridgehead atoms. The molecule has 7 heteroatoms. The number of ether oxygens (including phenoxy) is 1. The van der Waals surface area contributed by atoms with Gasteiger partial charge in [-0.15, -0.1) is 0 Å². The van der Waals surface area contributed by atoms with E-state index in [0.29, 0.717) is 5.88 Å². The van der Waals surface area contributed by atoms with Gasteiger partial charge in [0.1, 0.15) is 11.5 Å². The molecule has 3 aromatic rings. The van der Waals surface area contributed by atoms with Crippen molar-refractivity contribution in [3.63, 3.8) is 0 Å². The number of rotatable bonds is 5. The fraction of sp³-hybridized carbons (Fsp3) is 0.350. The Morgan fingerprint density at radius 3 is 2.81 bits per heavy atom. The van der Waals surface area contributed by atoms with Gasteiger partial charge < -0.3 is 9.30 Å². The van der Waals surface area contributed by atoms with Crippen LogP contribution < -0.4 is 4.74 Å². The zero-order valence-electron chi connectivity index (χ0n) is 15.3. The third-order valence-electron chi connectivity index (χ3n) is 4.91. The van der Waals surface area contributed by atoms with E-state index in [1.807, 2.05) is 24.0 Å². The summed E-state index contributed by atoms with van der Waals surface area (Å²) in [5, 5.41) is 0. The number of piperidine rings is 1. The first-order valence-electron chi connectivity index (χ1n) is 9.12. The fourth-order valence-corrected chi connectivity index (χ4v) is 3.50. The summed E-state index contributed by atoms with van der Waals surface area (Å²) in [5.41, 5.74) is 0.783. The predicted molar refractivity (Wildman–Crippen MR) is 99.0 cm³/mol. The first kappa shape index (κ1) is 17.6. The number of likely N-dealkylation sites (tertiary alicyclic amines) is 1. The molecule has 1 saturated heterocycles. The highest BCUT2D eigenvalue weighted by Crippen LogP contribution is 2.33. The molecule has 0 amide bonds. The molecule has 0 unspecified atom stereocenters. The van der Waals surface area contributed by atoms with E-state index in [1.165, 1.54) is 6.07 Å². The van der Waals surface area contributed by atoms with Crippen molar-refractivity contribution in [1.29, 1.82) is 0 Å². The van der Waals surface area contributed by atoms with Crippen LogP contribution in [0.5, 0.6) is 11.6 Å². The highest BCUT2D eigenvalue weighted by Gasteiger charge is 2.26. The SMILES string of the molecule is Cn1ccnc1CN1CCC[C@@H](c2nccnc2Oc2ccccc2F)C1. The molecule has 1 aromatic carbocycles. The standard InChI is InChI=1S/C20H22FN5O/c1-25-12-10-22-18(25)14-26-11-4-5-15(13-26)19-20(24-9-8-23-19)27-17-7-3-2-6-16(17)21/h2-3,6-10,12,15H,4-5,11,13-14H2,1H3/t15-/m1/s1. The molecule has 0 N–H and O–H groups in total. The highest BCUT2D eigenvalue weighted by atomic mass is 19.1. The number of aryl methyl sites for hydroxylation is 1. The molecule has 27 heavy (non-hydrogen) atoms. The molecule has 6 nitrogen and oxygen atoms in total. The zero-order chi connectivity index (χ0) is 18.6. The minimum Gasteiger partial charge on any atom is -0.434 e. The van der Waals surface area contributed by atoms with E-state index >= 15 is 0 Å².